The second-order valence-electron chi connectivity index (χ2n) is 5.21. The molecule has 5 heteroatoms. The Morgan fingerprint density at radius 1 is 0.958 bits per heavy atom. The Labute approximate surface area is 142 Å². The van der Waals surface area contributed by atoms with Crippen LogP contribution in [0.4, 0.5) is 11.4 Å². The van der Waals surface area contributed by atoms with Crippen LogP contribution in [0.5, 0.6) is 0 Å². The number of nitrogens with one attached hydrogen (secondary N) is 1. The molecule has 2 aromatic carbocycles. The summed E-state index contributed by atoms with van der Waals surface area (Å²) >= 11 is 0. The van der Waals surface area contributed by atoms with Crippen molar-refractivity contribution in [3.05, 3.63) is 59.7 Å². The van der Waals surface area contributed by atoms with Crippen molar-refractivity contribution < 1.29 is 14.3 Å². The van der Waals surface area contributed by atoms with Crippen LogP contribution in [0.3, 0.4) is 0 Å². The summed E-state index contributed by atoms with van der Waals surface area (Å²) in [6.07, 6.45) is 0. The number of esters is 1. The molecular weight excluding hydrogens is 304 g/mol. The summed E-state index contributed by atoms with van der Waals surface area (Å²) in [6, 6.07) is 14.2. The zero-order valence-electron chi connectivity index (χ0n) is 14.2. The van der Waals surface area contributed by atoms with E-state index in [1.165, 1.54) is 7.11 Å². The van der Waals surface area contributed by atoms with Crippen molar-refractivity contribution in [2.24, 2.45) is 0 Å². The number of carbonyl (C=O) groups is 2. The lowest BCUT2D eigenvalue weighted by Crippen LogP contribution is -2.21. The number of rotatable bonds is 6. The Balaban J connectivity index is 2.17. The normalized spacial score (nSPS) is 10.1. The summed E-state index contributed by atoms with van der Waals surface area (Å²) in [4.78, 5) is 26.4. The fourth-order valence-electron chi connectivity index (χ4n) is 2.51. The first-order valence-corrected chi connectivity index (χ1v) is 7.94. The topological polar surface area (TPSA) is 58.6 Å². The second kappa shape index (κ2) is 8.15. The third kappa shape index (κ3) is 3.93. The fraction of sp³-hybridized carbons (Fsp3) is 0.263. The van der Waals surface area contributed by atoms with E-state index in [0.29, 0.717) is 5.69 Å². The van der Waals surface area contributed by atoms with Gasteiger partial charge in [0.2, 0.25) is 0 Å². The first kappa shape index (κ1) is 17.5. The first-order chi connectivity index (χ1) is 11.6. The Morgan fingerprint density at radius 3 is 2.08 bits per heavy atom. The monoisotopic (exact) mass is 326 g/mol. The number of anilines is 2. The number of nitrogens with zero attached hydrogens (tertiary/aromatic N) is 1. The first-order valence-electron chi connectivity index (χ1n) is 7.94. The van der Waals surface area contributed by atoms with Gasteiger partial charge < -0.3 is 15.0 Å². The average Bonchev–Trinajstić information content (AvgIpc) is 2.63. The molecule has 0 heterocycles. The molecule has 0 aliphatic heterocycles. The van der Waals surface area contributed by atoms with E-state index in [4.69, 9.17) is 4.74 Å². The van der Waals surface area contributed by atoms with Crippen LogP contribution < -0.4 is 10.2 Å². The molecule has 1 N–H and O–H groups in total. The molecule has 126 valence electrons. The molecule has 0 unspecified atom stereocenters. The molecule has 24 heavy (non-hydrogen) atoms. The van der Waals surface area contributed by atoms with Gasteiger partial charge in [0.15, 0.2) is 0 Å². The van der Waals surface area contributed by atoms with Crippen LogP contribution in [0.1, 0.15) is 34.6 Å². The Hall–Kier alpha value is -2.82. The molecule has 0 bridgehead atoms. The summed E-state index contributed by atoms with van der Waals surface area (Å²) < 4.78 is 4.72. The molecule has 0 atom stereocenters. The maximum Gasteiger partial charge on any atom is 0.338 e. The molecular formula is C19H22N2O3. The molecule has 0 spiro atoms. The highest BCUT2D eigenvalue weighted by Crippen LogP contribution is 2.19. The smallest absolute Gasteiger partial charge is 0.338 e. The van der Waals surface area contributed by atoms with Gasteiger partial charge in [-0.3, -0.25) is 4.79 Å². The van der Waals surface area contributed by atoms with Crippen molar-refractivity contribution in [2.45, 2.75) is 13.8 Å². The third-order valence-corrected chi connectivity index (χ3v) is 3.83. The van der Waals surface area contributed by atoms with Gasteiger partial charge in [0.05, 0.1) is 18.2 Å². The second-order valence-corrected chi connectivity index (χ2v) is 5.21. The van der Waals surface area contributed by atoms with Crippen LogP contribution in [0, 0.1) is 0 Å². The molecule has 0 aromatic heterocycles. The van der Waals surface area contributed by atoms with Crippen LogP contribution in [0.2, 0.25) is 0 Å². The van der Waals surface area contributed by atoms with Crippen molar-refractivity contribution in [2.75, 3.05) is 30.4 Å². The largest absolute Gasteiger partial charge is 0.465 e. The highest BCUT2D eigenvalue weighted by atomic mass is 16.5. The van der Waals surface area contributed by atoms with Crippen molar-refractivity contribution in [1.29, 1.82) is 0 Å². The van der Waals surface area contributed by atoms with Crippen LogP contribution >= 0.6 is 0 Å². The number of hydrogen-bond donors (Lipinski definition) is 1. The van der Waals surface area contributed by atoms with E-state index in [9.17, 15) is 9.59 Å². The van der Waals surface area contributed by atoms with Gasteiger partial charge in [-0.2, -0.15) is 0 Å². The number of benzene rings is 2. The summed E-state index contributed by atoms with van der Waals surface area (Å²) in [5.74, 6) is -0.871. The van der Waals surface area contributed by atoms with E-state index in [1.807, 2.05) is 24.3 Å². The molecule has 2 rings (SSSR count). The van der Waals surface area contributed by atoms with Gasteiger partial charge in [-0.25, -0.2) is 4.79 Å². The predicted octanol–water partition coefficient (Wildman–Crippen LogP) is 3.57. The molecule has 5 nitrogen and oxygen atoms in total. The summed E-state index contributed by atoms with van der Waals surface area (Å²) in [5.41, 5.74) is 2.32. The van der Waals surface area contributed by atoms with E-state index >= 15 is 0 Å². The van der Waals surface area contributed by atoms with Crippen LogP contribution in [-0.4, -0.2) is 32.1 Å². The number of ether oxygens (including phenoxy) is 1. The van der Waals surface area contributed by atoms with Crippen LogP contribution in [-0.2, 0) is 4.74 Å². The van der Waals surface area contributed by atoms with Gasteiger partial charge in [0, 0.05) is 24.5 Å². The zero-order chi connectivity index (χ0) is 17.5. The minimum Gasteiger partial charge on any atom is -0.465 e. The molecule has 1 amide bonds. The molecule has 0 fully saturated rings. The van der Waals surface area contributed by atoms with Gasteiger partial charge >= 0.3 is 5.97 Å². The SMILES string of the molecule is CCN(CC)c1ccc(NC(=O)c2ccccc2C(=O)OC)cc1. The third-order valence-electron chi connectivity index (χ3n) is 3.83. The highest BCUT2D eigenvalue weighted by Gasteiger charge is 2.17. The van der Waals surface area contributed by atoms with Crippen LogP contribution in [0.15, 0.2) is 48.5 Å². The molecule has 2 aromatic rings. The van der Waals surface area contributed by atoms with Crippen molar-refractivity contribution in [3.8, 4) is 0 Å². The Kier molecular flexibility index (Phi) is 5.95. The van der Waals surface area contributed by atoms with E-state index in [0.717, 1.165) is 18.8 Å². The van der Waals surface area contributed by atoms with E-state index in [-0.39, 0.29) is 17.0 Å². The summed E-state index contributed by atoms with van der Waals surface area (Å²) in [6.45, 7) is 6.05. The Morgan fingerprint density at radius 2 is 1.54 bits per heavy atom. The number of amides is 1. The molecule has 0 radical (unpaired) electrons. The molecule has 0 aliphatic carbocycles. The van der Waals surface area contributed by atoms with E-state index in [1.54, 1.807) is 24.3 Å². The van der Waals surface area contributed by atoms with Gasteiger partial charge in [-0.05, 0) is 50.2 Å². The van der Waals surface area contributed by atoms with Crippen LogP contribution in [0.25, 0.3) is 0 Å². The minimum absolute atomic E-state index is 0.247. The van der Waals surface area contributed by atoms with E-state index in [2.05, 4.69) is 24.1 Å². The zero-order valence-corrected chi connectivity index (χ0v) is 14.2. The van der Waals surface area contributed by atoms with Crippen molar-refractivity contribution >= 4 is 23.3 Å². The number of methoxy groups -OCH3 is 1. The highest BCUT2D eigenvalue weighted by molar-refractivity contribution is 6.11. The number of carbonyl (C=O) groups excluding carboxylic acids is 2. The van der Waals surface area contributed by atoms with Crippen molar-refractivity contribution in [1.82, 2.24) is 0 Å². The lowest BCUT2D eigenvalue weighted by molar-refractivity contribution is 0.0597. The van der Waals surface area contributed by atoms with Gasteiger partial charge in [-0.1, -0.05) is 12.1 Å². The predicted molar refractivity (Wildman–Crippen MR) is 95.7 cm³/mol. The average molecular weight is 326 g/mol. The Bertz CT molecular complexity index is 707. The fourth-order valence-corrected chi connectivity index (χ4v) is 2.51. The minimum atomic E-state index is -0.530. The van der Waals surface area contributed by atoms with Gasteiger partial charge in [0.1, 0.15) is 0 Å². The lowest BCUT2D eigenvalue weighted by Gasteiger charge is -2.21. The van der Waals surface area contributed by atoms with Gasteiger partial charge in [0.25, 0.3) is 5.91 Å². The van der Waals surface area contributed by atoms with Gasteiger partial charge in [-0.15, -0.1) is 0 Å². The standard InChI is InChI=1S/C19H22N2O3/c1-4-21(5-2)15-12-10-14(11-13-15)20-18(22)16-8-6-7-9-17(16)19(23)24-3/h6-13H,4-5H2,1-3H3,(H,20,22). The molecule has 0 aliphatic rings. The van der Waals surface area contributed by atoms with E-state index < -0.39 is 5.97 Å². The molecule has 0 saturated heterocycles. The summed E-state index contributed by atoms with van der Waals surface area (Å²) in [5, 5.41) is 2.81. The quantitative estimate of drug-likeness (QED) is 0.825. The molecule has 0 saturated carbocycles. The van der Waals surface area contributed by atoms with Crippen molar-refractivity contribution in [3.63, 3.8) is 0 Å². The summed E-state index contributed by atoms with van der Waals surface area (Å²) in [7, 11) is 1.29. The number of hydrogen-bond acceptors (Lipinski definition) is 4. The maximum absolute atomic E-state index is 12.5. The lowest BCUT2D eigenvalue weighted by atomic mass is 10.1. The maximum atomic E-state index is 12.5.